The molecule has 0 bridgehead atoms. The van der Waals surface area contributed by atoms with Gasteiger partial charge in [0.1, 0.15) is 11.8 Å². The van der Waals surface area contributed by atoms with E-state index < -0.39 is 40.8 Å². The van der Waals surface area contributed by atoms with E-state index in [9.17, 15) is 24.0 Å². The number of nitrogens with zero attached hydrogens (tertiary/aromatic N) is 2. The Morgan fingerprint density at radius 3 is 2.30 bits per heavy atom. The molecular weight excluding hydrogens is 610 g/mol. The smallest absolute Gasteiger partial charge is 0.338 e. The van der Waals surface area contributed by atoms with Crippen LogP contribution >= 0.6 is 34.7 Å². The third-order valence-corrected chi connectivity index (χ3v) is 10.1. The van der Waals surface area contributed by atoms with E-state index in [2.05, 4.69) is 5.32 Å². The maximum atomic E-state index is 14.0. The second kappa shape index (κ2) is 11.8. The minimum Gasteiger partial charge on any atom is -0.462 e. The van der Waals surface area contributed by atoms with E-state index in [1.54, 1.807) is 67.6 Å². The van der Waals surface area contributed by atoms with Crippen LogP contribution in [0.4, 0.5) is 11.4 Å². The summed E-state index contributed by atoms with van der Waals surface area (Å²) in [4.78, 5) is 67.7. The van der Waals surface area contributed by atoms with Gasteiger partial charge in [0.25, 0.3) is 0 Å². The summed E-state index contributed by atoms with van der Waals surface area (Å²) >= 11 is 8.27. The van der Waals surface area contributed by atoms with Gasteiger partial charge >= 0.3 is 10.8 Å². The number of ether oxygens (including phenoxy) is 1. The number of thioether (sulfide) groups is 1. The molecule has 3 atom stereocenters. The number of aromatic nitrogens is 1. The number of thiazole rings is 1. The SMILES string of the molecule is CCOC(=O)c1ccc(N2C(=O)C3Sc4c(sc(=O)n4CC(=O)Nc4ccccc4)[C@H](c4ccc(Cl)cc4)C3C2=O)cc1. The average molecular weight is 634 g/mol. The van der Waals surface area contributed by atoms with Crippen molar-refractivity contribution in [3.63, 3.8) is 0 Å². The highest BCUT2D eigenvalue weighted by Crippen LogP contribution is 2.54. The molecule has 0 aliphatic carbocycles. The second-order valence-electron chi connectivity index (χ2n) is 9.91. The Morgan fingerprint density at radius 2 is 1.63 bits per heavy atom. The van der Waals surface area contributed by atoms with Crippen molar-refractivity contribution in [3.8, 4) is 0 Å². The molecule has 0 radical (unpaired) electrons. The Labute approximate surface area is 259 Å². The Bertz CT molecular complexity index is 1790. The Balaban J connectivity index is 1.38. The summed E-state index contributed by atoms with van der Waals surface area (Å²) in [6, 6.07) is 22.0. The average Bonchev–Trinajstić information content (AvgIpc) is 3.44. The number of carbonyl (C=O) groups excluding carboxylic acids is 4. The summed E-state index contributed by atoms with van der Waals surface area (Å²) in [5.41, 5.74) is 1.95. The minimum absolute atomic E-state index is 0.222. The van der Waals surface area contributed by atoms with E-state index in [1.165, 1.54) is 16.7 Å². The van der Waals surface area contributed by atoms with Crippen LogP contribution in [-0.2, 0) is 25.7 Å². The topological polar surface area (TPSA) is 115 Å². The van der Waals surface area contributed by atoms with Crippen molar-refractivity contribution in [3.05, 3.63) is 110 Å². The molecule has 43 heavy (non-hydrogen) atoms. The third-order valence-electron chi connectivity index (χ3n) is 7.27. The monoisotopic (exact) mass is 633 g/mol. The summed E-state index contributed by atoms with van der Waals surface area (Å²) in [6.45, 7) is 1.68. The zero-order chi connectivity index (χ0) is 30.2. The molecular formula is C31H24ClN3O6S2. The van der Waals surface area contributed by atoms with Crippen molar-refractivity contribution >= 4 is 69.8 Å². The van der Waals surface area contributed by atoms with Gasteiger partial charge in [0, 0.05) is 21.5 Å². The molecule has 1 N–H and O–H groups in total. The van der Waals surface area contributed by atoms with Gasteiger partial charge in [-0.2, -0.15) is 0 Å². The van der Waals surface area contributed by atoms with Crippen molar-refractivity contribution in [2.75, 3.05) is 16.8 Å². The van der Waals surface area contributed by atoms with Crippen LogP contribution in [0, 0.1) is 5.92 Å². The molecule has 12 heteroatoms. The molecule has 2 unspecified atom stereocenters. The summed E-state index contributed by atoms with van der Waals surface area (Å²) in [6.07, 6.45) is 0. The molecule has 3 amide bonds. The summed E-state index contributed by atoms with van der Waals surface area (Å²) in [5, 5.41) is 2.94. The maximum Gasteiger partial charge on any atom is 0.338 e. The molecule has 3 heterocycles. The number of anilines is 2. The van der Waals surface area contributed by atoms with Crippen LogP contribution in [0.1, 0.15) is 33.6 Å². The number of halogens is 1. The highest BCUT2D eigenvalue weighted by atomic mass is 35.5. The number of rotatable bonds is 7. The van der Waals surface area contributed by atoms with E-state index in [-0.39, 0.29) is 18.0 Å². The van der Waals surface area contributed by atoms with Gasteiger partial charge in [0.15, 0.2) is 0 Å². The van der Waals surface area contributed by atoms with Gasteiger partial charge in [0.05, 0.1) is 28.8 Å². The van der Waals surface area contributed by atoms with Crippen LogP contribution < -0.4 is 15.1 Å². The zero-order valence-electron chi connectivity index (χ0n) is 22.7. The molecule has 1 fully saturated rings. The number of benzene rings is 3. The molecule has 4 aromatic rings. The maximum absolute atomic E-state index is 14.0. The number of hydrogen-bond acceptors (Lipinski definition) is 8. The normalized spacial score (nSPS) is 19.1. The van der Waals surface area contributed by atoms with E-state index in [0.29, 0.717) is 31.9 Å². The quantitative estimate of drug-likeness (QED) is 0.220. The number of carbonyl (C=O) groups is 4. The lowest BCUT2D eigenvalue weighted by molar-refractivity contribution is -0.122. The first-order chi connectivity index (χ1) is 20.8. The molecule has 2 aliphatic heterocycles. The summed E-state index contributed by atoms with van der Waals surface area (Å²) in [7, 11) is 0. The van der Waals surface area contributed by atoms with Crippen molar-refractivity contribution in [1.82, 2.24) is 4.57 Å². The van der Waals surface area contributed by atoms with E-state index >= 15 is 0 Å². The minimum atomic E-state index is -0.845. The first-order valence-corrected chi connectivity index (χ1v) is 15.5. The van der Waals surface area contributed by atoms with Crippen LogP contribution in [0.2, 0.25) is 5.02 Å². The fourth-order valence-electron chi connectivity index (χ4n) is 5.37. The fraction of sp³-hybridized carbons (Fsp3) is 0.194. The van der Waals surface area contributed by atoms with Crippen molar-refractivity contribution in [2.24, 2.45) is 5.92 Å². The number of esters is 1. The fourth-order valence-corrected chi connectivity index (χ4v) is 8.26. The molecule has 3 aromatic carbocycles. The van der Waals surface area contributed by atoms with Crippen LogP contribution in [0.5, 0.6) is 0 Å². The standard InChI is InChI=1S/C31H24ClN3O6S2/c1-2-41-30(39)18-10-14-21(15-11-18)35-27(37)24-23(17-8-12-19(32)13-9-17)26-29(42-25(24)28(35)38)34(31(40)43-26)16-22(36)33-20-6-4-3-5-7-20/h3-15,23-25H,2,16H2,1H3,(H,33,36)/t23-,24?,25?/m1/s1. The van der Waals surface area contributed by atoms with E-state index in [4.69, 9.17) is 16.3 Å². The van der Waals surface area contributed by atoms with Crippen molar-refractivity contribution < 1.29 is 23.9 Å². The molecule has 2 aliphatic rings. The first-order valence-electron chi connectivity index (χ1n) is 13.4. The molecule has 218 valence electrons. The van der Waals surface area contributed by atoms with Crippen LogP contribution in [-0.4, -0.2) is 40.1 Å². The van der Waals surface area contributed by atoms with Gasteiger partial charge < -0.3 is 10.1 Å². The Morgan fingerprint density at radius 1 is 0.930 bits per heavy atom. The van der Waals surface area contributed by atoms with Gasteiger partial charge in [-0.15, -0.1) is 0 Å². The summed E-state index contributed by atoms with van der Waals surface area (Å²) < 4.78 is 6.41. The predicted octanol–water partition coefficient (Wildman–Crippen LogP) is 5.17. The van der Waals surface area contributed by atoms with Gasteiger partial charge in [0.2, 0.25) is 17.7 Å². The first kappa shape index (κ1) is 28.9. The lowest BCUT2D eigenvalue weighted by atomic mass is 9.83. The molecule has 0 spiro atoms. The third kappa shape index (κ3) is 5.39. The molecule has 9 nitrogen and oxygen atoms in total. The van der Waals surface area contributed by atoms with E-state index in [1.807, 2.05) is 6.07 Å². The number of para-hydroxylation sites is 1. The van der Waals surface area contributed by atoms with E-state index in [0.717, 1.165) is 33.6 Å². The molecule has 6 rings (SSSR count). The largest absolute Gasteiger partial charge is 0.462 e. The second-order valence-corrected chi connectivity index (χ2v) is 12.5. The molecule has 1 saturated heterocycles. The highest BCUT2D eigenvalue weighted by molar-refractivity contribution is 8.00. The van der Waals surface area contributed by atoms with Gasteiger partial charge in [-0.05, 0) is 61.0 Å². The number of hydrogen-bond donors (Lipinski definition) is 1. The van der Waals surface area contributed by atoms with Crippen LogP contribution in [0.3, 0.4) is 0 Å². The van der Waals surface area contributed by atoms with Crippen molar-refractivity contribution in [2.45, 2.75) is 29.7 Å². The van der Waals surface area contributed by atoms with Gasteiger partial charge in [-0.25, -0.2) is 9.69 Å². The number of imide groups is 1. The lowest BCUT2D eigenvalue weighted by Crippen LogP contribution is -2.33. The van der Waals surface area contributed by atoms with Crippen molar-refractivity contribution in [1.29, 1.82) is 0 Å². The highest BCUT2D eigenvalue weighted by Gasteiger charge is 2.56. The molecule has 0 saturated carbocycles. The Hall–Kier alpha value is -4.19. The van der Waals surface area contributed by atoms with Gasteiger partial charge in [-0.3, -0.25) is 23.7 Å². The van der Waals surface area contributed by atoms with Crippen LogP contribution in [0.15, 0.2) is 88.7 Å². The van der Waals surface area contributed by atoms with Crippen LogP contribution in [0.25, 0.3) is 0 Å². The predicted molar refractivity (Wildman–Crippen MR) is 165 cm³/mol. The Kier molecular flexibility index (Phi) is 7.95. The lowest BCUT2D eigenvalue weighted by Gasteiger charge is -2.30. The zero-order valence-corrected chi connectivity index (χ0v) is 25.1. The number of nitrogens with one attached hydrogen (secondary N) is 1. The van der Waals surface area contributed by atoms with Gasteiger partial charge in [-0.1, -0.05) is 65.0 Å². The number of fused-ring (bicyclic) bond motifs is 2. The molecule has 1 aromatic heterocycles. The number of amides is 3. The summed E-state index contributed by atoms with van der Waals surface area (Å²) in [5.74, 6) is -3.16.